The summed E-state index contributed by atoms with van der Waals surface area (Å²) in [4.78, 5) is 0. The van der Waals surface area contributed by atoms with Crippen LogP contribution in [0.2, 0.25) is 0 Å². The highest BCUT2D eigenvalue weighted by atomic mass is 14.5. The van der Waals surface area contributed by atoms with Crippen molar-refractivity contribution in [2.45, 2.75) is 105 Å². The number of hydrogen-bond acceptors (Lipinski definition) is 0. The molecular formula is C26H46. The van der Waals surface area contributed by atoms with Gasteiger partial charge < -0.3 is 0 Å². The lowest BCUT2D eigenvalue weighted by molar-refractivity contribution is 0.0183. The van der Waals surface area contributed by atoms with E-state index in [1.165, 1.54) is 64.2 Å². The molecule has 3 aliphatic carbocycles. The van der Waals surface area contributed by atoms with E-state index in [9.17, 15) is 0 Å². The highest BCUT2D eigenvalue weighted by Crippen LogP contribution is 2.50. The molecule has 0 radical (unpaired) electrons. The Morgan fingerprint density at radius 1 is 0.654 bits per heavy atom. The summed E-state index contributed by atoms with van der Waals surface area (Å²) in [6, 6.07) is 0. The summed E-state index contributed by atoms with van der Waals surface area (Å²) in [6.07, 6.45) is 22.7. The minimum atomic E-state index is 0.895. The van der Waals surface area contributed by atoms with Gasteiger partial charge in [0, 0.05) is 0 Å². The van der Waals surface area contributed by atoms with Crippen LogP contribution in [0.15, 0.2) is 12.2 Å². The molecule has 0 aromatic carbocycles. The summed E-state index contributed by atoms with van der Waals surface area (Å²) >= 11 is 0. The second-order valence-electron chi connectivity index (χ2n) is 10.5. The molecule has 3 aliphatic rings. The highest BCUT2D eigenvalue weighted by molar-refractivity contribution is 4.95. The first kappa shape index (κ1) is 20.5. The zero-order valence-electron chi connectivity index (χ0n) is 18.3. The van der Waals surface area contributed by atoms with Crippen LogP contribution in [-0.2, 0) is 0 Å². The standard InChI is InChI=1S/C26H46/c1-5-6-7-8-22-11-15-24(16-12-22)26-18-17-25(20(3)21(26)4)23-13-9-19(2)10-14-23/h7-8,19-26H,5-6,9-18H2,1-4H3/b8-7+. The fourth-order valence-corrected chi connectivity index (χ4v) is 6.96. The maximum absolute atomic E-state index is 2.63. The molecule has 0 nitrogen and oxygen atoms in total. The first-order valence-electron chi connectivity index (χ1n) is 12.3. The van der Waals surface area contributed by atoms with Crippen molar-refractivity contribution in [3.63, 3.8) is 0 Å². The molecule has 0 N–H and O–H groups in total. The van der Waals surface area contributed by atoms with Gasteiger partial charge in [0.2, 0.25) is 0 Å². The summed E-state index contributed by atoms with van der Waals surface area (Å²) < 4.78 is 0. The SMILES string of the molecule is CCC/C=C/C1CCC(C2CCC(C3CCC(C)CC3)C(C)C2C)CC1. The zero-order valence-corrected chi connectivity index (χ0v) is 18.3. The molecule has 0 heteroatoms. The molecule has 3 saturated carbocycles. The zero-order chi connectivity index (χ0) is 18.5. The Bertz CT molecular complexity index is 419. The van der Waals surface area contributed by atoms with Crippen LogP contribution < -0.4 is 0 Å². The molecule has 0 heterocycles. The first-order chi connectivity index (χ1) is 12.6. The van der Waals surface area contributed by atoms with Crippen LogP contribution in [0.25, 0.3) is 0 Å². The van der Waals surface area contributed by atoms with Gasteiger partial charge in [-0.25, -0.2) is 0 Å². The lowest BCUT2D eigenvalue weighted by atomic mass is 9.57. The van der Waals surface area contributed by atoms with Crippen LogP contribution in [0, 0.1) is 47.3 Å². The van der Waals surface area contributed by atoms with E-state index >= 15 is 0 Å². The summed E-state index contributed by atoms with van der Waals surface area (Å²) in [5.41, 5.74) is 0. The van der Waals surface area contributed by atoms with Crippen LogP contribution in [0.5, 0.6) is 0 Å². The first-order valence-corrected chi connectivity index (χ1v) is 12.3. The van der Waals surface area contributed by atoms with Crippen LogP contribution in [0.3, 0.4) is 0 Å². The largest absolute Gasteiger partial charge is 0.0883 e. The summed E-state index contributed by atoms with van der Waals surface area (Å²) in [5.74, 6) is 7.99. The normalized spacial score (nSPS) is 45.1. The van der Waals surface area contributed by atoms with Gasteiger partial charge in [0.15, 0.2) is 0 Å². The lowest BCUT2D eigenvalue weighted by Crippen LogP contribution is -2.39. The summed E-state index contributed by atoms with van der Waals surface area (Å²) in [7, 11) is 0. The molecule has 150 valence electrons. The molecule has 3 rings (SSSR count). The van der Waals surface area contributed by atoms with E-state index in [-0.39, 0.29) is 0 Å². The summed E-state index contributed by atoms with van der Waals surface area (Å²) in [6.45, 7) is 10.00. The third-order valence-electron chi connectivity index (χ3n) is 8.96. The second kappa shape index (κ2) is 9.79. The van der Waals surface area contributed by atoms with E-state index in [4.69, 9.17) is 0 Å². The lowest BCUT2D eigenvalue weighted by Gasteiger charge is -2.48. The third-order valence-corrected chi connectivity index (χ3v) is 8.96. The summed E-state index contributed by atoms with van der Waals surface area (Å²) in [5, 5.41) is 0. The van der Waals surface area contributed by atoms with Crippen molar-refractivity contribution in [2.24, 2.45) is 47.3 Å². The van der Waals surface area contributed by atoms with E-state index in [1.807, 2.05) is 0 Å². The molecule has 0 amide bonds. The van der Waals surface area contributed by atoms with Gasteiger partial charge in [-0.05, 0) is 105 Å². The molecule has 0 saturated heterocycles. The van der Waals surface area contributed by atoms with Gasteiger partial charge in [0.1, 0.15) is 0 Å². The Morgan fingerprint density at radius 3 is 1.65 bits per heavy atom. The molecule has 4 unspecified atom stereocenters. The van der Waals surface area contributed by atoms with E-state index in [2.05, 4.69) is 39.8 Å². The van der Waals surface area contributed by atoms with Crippen molar-refractivity contribution >= 4 is 0 Å². The Labute approximate surface area is 164 Å². The van der Waals surface area contributed by atoms with Gasteiger partial charge in [0.25, 0.3) is 0 Å². The monoisotopic (exact) mass is 358 g/mol. The average molecular weight is 359 g/mol. The molecule has 0 bridgehead atoms. The fraction of sp³-hybridized carbons (Fsp3) is 0.923. The molecule has 0 aromatic rings. The van der Waals surface area contributed by atoms with Gasteiger partial charge in [-0.3, -0.25) is 0 Å². The number of rotatable bonds is 5. The molecule has 26 heavy (non-hydrogen) atoms. The minimum absolute atomic E-state index is 0.895. The van der Waals surface area contributed by atoms with Crippen LogP contribution in [-0.4, -0.2) is 0 Å². The van der Waals surface area contributed by atoms with E-state index in [1.54, 1.807) is 12.8 Å². The van der Waals surface area contributed by atoms with E-state index in [0.717, 1.165) is 47.3 Å². The molecule has 0 spiro atoms. The molecule has 0 aliphatic heterocycles. The Morgan fingerprint density at radius 2 is 1.15 bits per heavy atom. The van der Waals surface area contributed by atoms with Gasteiger partial charge in [0.05, 0.1) is 0 Å². The predicted molar refractivity (Wildman–Crippen MR) is 115 cm³/mol. The van der Waals surface area contributed by atoms with Crippen molar-refractivity contribution in [2.75, 3.05) is 0 Å². The Hall–Kier alpha value is -0.260. The third kappa shape index (κ3) is 4.96. The molecular weight excluding hydrogens is 312 g/mol. The maximum atomic E-state index is 2.63. The number of hydrogen-bond donors (Lipinski definition) is 0. The Balaban J connectivity index is 1.49. The average Bonchev–Trinajstić information content (AvgIpc) is 2.66. The van der Waals surface area contributed by atoms with Crippen LogP contribution in [0.1, 0.15) is 105 Å². The molecule has 4 atom stereocenters. The minimum Gasteiger partial charge on any atom is -0.0883 e. The van der Waals surface area contributed by atoms with Gasteiger partial charge in [-0.2, -0.15) is 0 Å². The van der Waals surface area contributed by atoms with E-state index in [0.29, 0.717) is 0 Å². The van der Waals surface area contributed by atoms with Gasteiger partial charge in [-0.15, -0.1) is 0 Å². The van der Waals surface area contributed by atoms with Crippen molar-refractivity contribution in [1.82, 2.24) is 0 Å². The topological polar surface area (TPSA) is 0 Å². The highest BCUT2D eigenvalue weighted by Gasteiger charge is 2.41. The fourth-order valence-electron chi connectivity index (χ4n) is 6.96. The van der Waals surface area contributed by atoms with E-state index < -0.39 is 0 Å². The molecule has 0 aromatic heterocycles. The van der Waals surface area contributed by atoms with Crippen molar-refractivity contribution in [3.8, 4) is 0 Å². The molecule has 3 fully saturated rings. The number of unbranched alkanes of at least 4 members (excludes halogenated alkanes) is 1. The quantitative estimate of drug-likeness (QED) is 0.434. The van der Waals surface area contributed by atoms with Gasteiger partial charge in [-0.1, -0.05) is 59.1 Å². The van der Waals surface area contributed by atoms with Crippen molar-refractivity contribution in [3.05, 3.63) is 12.2 Å². The van der Waals surface area contributed by atoms with Gasteiger partial charge >= 0.3 is 0 Å². The van der Waals surface area contributed by atoms with Crippen molar-refractivity contribution in [1.29, 1.82) is 0 Å². The van der Waals surface area contributed by atoms with Crippen molar-refractivity contribution < 1.29 is 0 Å². The smallest absolute Gasteiger partial charge is 0.0233 e. The maximum Gasteiger partial charge on any atom is -0.0233 e. The van der Waals surface area contributed by atoms with Crippen LogP contribution >= 0.6 is 0 Å². The Kier molecular flexibility index (Phi) is 7.71. The second-order valence-corrected chi connectivity index (χ2v) is 10.5. The van der Waals surface area contributed by atoms with Crippen LogP contribution in [0.4, 0.5) is 0 Å². The number of allylic oxidation sites excluding steroid dienone is 2. The predicted octanol–water partition coefficient (Wildman–Crippen LogP) is 8.27.